The number of anilines is 1. The molecule has 1 amide bonds. The molecule has 1 aliphatic rings. The molecule has 1 aliphatic carbocycles. The van der Waals surface area contributed by atoms with Crippen LogP contribution in [0.15, 0.2) is 65.6 Å². The summed E-state index contributed by atoms with van der Waals surface area (Å²) in [6.07, 6.45) is 6.57. The second-order valence-corrected chi connectivity index (χ2v) is 8.37. The largest absolute Gasteiger partial charge is 0.349 e. The van der Waals surface area contributed by atoms with Gasteiger partial charge in [-0.15, -0.1) is 0 Å². The number of aromatic nitrogens is 3. The van der Waals surface area contributed by atoms with Crippen LogP contribution in [-0.2, 0) is 13.0 Å². The summed E-state index contributed by atoms with van der Waals surface area (Å²) in [4.78, 5) is 31.1. The molecule has 0 radical (unpaired) electrons. The van der Waals surface area contributed by atoms with Crippen LogP contribution in [-0.4, -0.2) is 21.3 Å². The number of hydrogen-bond donors (Lipinski definition) is 2. The highest BCUT2D eigenvalue weighted by Crippen LogP contribution is 2.20. The normalized spacial score (nSPS) is 14.2. The van der Waals surface area contributed by atoms with Crippen LogP contribution in [0.5, 0.6) is 0 Å². The number of rotatable bonds is 5. The lowest BCUT2D eigenvalue weighted by molar-refractivity contribution is -0.658. The highest BCUT2D eigenvalue weighted by molar-refractivity contribution is 6.00. The number of fused-ring (bicyclic) bond motifs is 2. The van der Waals surface area contributed by atoms with Gasteiger partial charge in [-0.2, -0.15) is 0 Å². The van der Waals surface area contributed by atoms with Gasteiger partial charge in [-0.1, -0.05) is 54.2 Å². The van der Waals surface area contributed by atoms with Crippen molar-refractivity contribution in [3.8, 4) is 0 Å². The number of hydrogen-bond acceptors (Lipinski definition) is 4. The number of amides is 1. The molecule has 0 spiro atoms. The standard InChI is InChI=1S/C25H25N5O2/c26-22-19(24(31)27-18-10-4-5-11-18)16-20-23(28-21-12-6-7-14-29(21)25(20)32)30(22)15-13-17-8-2-1-3-9-17/h1-3,6-9,12,14,16,18,26H,4-5,10-11,13,15H2,(H,27,31)/p+1. The molecule has 4 aromatic rings. The quantitative estimate of drug-likeness (QED) is 0.378. The number of carbonyl (C=O) groups excluding carboxylic acids is 1. The highest BCUT2D eigenvalue weighted by Gasteiger charge is 2.26. The maximum Gasteiger partial charge on any atom is 0.278 e. The van der Waals surface area contributed by atoms with E-state index in [0.29, 0.717) is 41.0 Å². The smallest absolute Gasteiger partial charge is 0.278 e. The third-order valence-corrected chi connectivity index (χ3v) is 6.26. The molecule has 3 heterocycles. The van der Waals surface area contributed by atoms with Crippen molar-refractivity contribution in [1.82, 2.24) is 14.7 Å². The van der Waals surface area contributed by atoms with Gasteiger partial charge in [-0.3, -0.25) is 14.0 Å². The van der Waals surface area contributed by atoms with Crippen molar-refractivity contribution in [2.45, 2.75) is 44.7 Å². The van der Waals surface area contributed by atoms with Gasteiger partial charge >= 0.3 is 0 Å². The van der Waals surface area contributed by atoms with E-state index in [4.69, 9.17) is 10.7 Å². The molecular formula is C25H26N5O2+. The van der Waals surface area contributed by atoms with Crippen molar-refractivity contribution < 1.29 is 9.36 Å². The van der Waals surface area contributed by atoms with E-state index in [1.54, 1.807) is 29.0 Å². The van der Waals surface area contributed by atoms with Crippen LogP contribution in [0.1, 0.15) is 41.6 Å². The monoisotopic (exact) mass is 428 g/mol. The molecular weight excluding hydrogens is 402 g/mol. The number of aryl methyl sites for hydroxylation is 2. The summed E-state index contributed by atoms with van der Waals surface area (Å²) in [7, 11) is 0. The molecule has 3 N–H and O–H groups in total. The number of nitrogens with two attached hydrogens (primary N) is 1. The lowest BCUT2D eigenvalue weighted by atomic mass is 10.1. The Kier molecular flexibility index (Phi) is 5.31. The molecule has 1 fully saturated rings. The molecule has 0 unspecified atom stereocenters. The number of nitrogen functional groups attached to an aromatic ring is 1. The van der Waals surface area contributed by atoms with E-state index in [-0.39, 0.29) is 17.5 Å². The molecule has 0 aliphatic heterocycles. The molecule has 7 heteroatoms. The van der Waals surface area contributed by atoms with Crippen molar-refractivity contribution >= 4 is 28.4 Å². The van der Waals surface area contributed by atoms with Crippen molar-refractivity contribution in [2.75, 3.05) is 5.73 Å². The molecule has 1 saturated carbocycles. The highest BCUT2D eigenvalue weighted by atomic mass is 16.2. The summed E-state index contributed by atoms with van der Waals surface area (Å²) >= 11 is 0. The second kappa shape index (κ2) is 8.42. The molecule has 162 valence electrons. The summed E-state index contributed by atoms with van der Waals surface area (Å²) in [5, 5.41) is 3.48. The number of carbonyl (C=O) groups is 1. The first-order chi connectivity index (χ1) is 15.6. The summed E-state index contributed by atoms with van der Waals surface area (Å²) in [5.74, 6) is 0.0958. The Morgan fingerprint density at radius 3 is 2.66 bits per heavy atom. The number of pyridine rings is 2. The number of benzene rings is 1. The molecule has 1 aromatic carbocycles. The van der Waals surface area contributed by atoms with Gasteiger partial charge in [0.1, 0.15) is 10.9 Å². The number of nitrogens with one attached hydrogen (secondary N) is 1. The first-order valence-corrected chi connectivity index (χ1v) is 11.1. The third-order valence-electron chi connectivity index (χ3n) is 6.26. The maximum absolute atomic E-state index is 13.3. The zero-order valence-corrected chi connectivity index (χ0v) is 17.8. The average Bonchev–Trinajstić information content (AvgIpc) is 3.32. The Morgan fingerprint density at radius 1 is 1.12 bits per heavy atom. The average molecular weight is 429 g/mol. The van der Waals surface area contributed by atoms with Crippen molar-refractivity contribution in [1.29, 1.82) is 0 Å². The van der Waals surface area contributed by atoms with E-state index < -0.39 is 0 Å². The minimum absolute atomic E-state index is 0.159. The second-order valence-electron chi connectivity index (χ2n) is 8.37. The van der Waals surface area contributed by atoms with Crippen LogP contribution in [0, 0.1) is 0 Å². The Bertz CT molecular complexity index is 1360. The Balaban J connectivity index is 1.65. The van der Waals surface area contributed by atoms with Crippen LogP contribution >= 0.6 is 0 Å². The maximum atomic E-state index is 13.3. The molecule has 7 nitrogen and oxygen atoms in total. The van der Waals surface area contributed by atoms with E-state index >= 15 is 0 Å². The molecule has 3 aromatic heterocycles. The summed E-state index contributed by atoms with van der Waals surface area (Å²) in [6.45, 7) is 0.506. The van der Waals surface area contributed by atoms with Crippen LogP contribution in [0.4, 0.5) is 5.82 Å². The van der Waals surface area contributed by atoms with E-state index in [2.05, 4.69) is 5.32 Å². The zero-order valence-electron chi connectivity index (χ0n) is 17.8. The predicted molar refractivity (Wildman–Crippen MR) is 123 cm³/mol. The van der Waals surface area contributed by atoms with Crippen molar-refractivity contribution in [3.63, 3.8) is 0 Å². The van der Waals surface area contributed by atoms with Gasteiger partial charge in [0.15, 0.2) is 0 Å². The van der Waals surface area contributed by atoms with E-state index in [9.17, 15) is 9.59 Å². The van der Waals surface area contributed by atoms with Gasteiger partial charge in [-0.05, 0) is 36.6 Å². The third kappa shape index (κ3) is 3.70. The fourth-order valence-corrected chi connectivity index (χ4v) is 4.53. The molecule has 32 heavy (non-hydrogen) atoms. The van der Waals surface area contributed by atoms with Crippen LogP contribution in [0.3, 0.4) is 0 Å². The minimum Gasteiger partial charge on any atom is -0.349 e. The number of nitrogens with zero attached hydrogens (tertiary/aromatic N) is 3. The molecule has 0 atom stereocenters. The summed E-state index contributed by atoms with van der Waals surface area (Å²) in [5.41, 5.74) is 8.83. The van der Waals surface area contributed by atoms with Crippen LogP contribution < -0.4 is 21.2 Å². The van der Waals surface area contributed by atoms with E-state index in [0.717, 1.165) is 31.2 Å². The first kappa shape index (κ1) is 20.2. The summed E-state index contributed by atoms with van der Waals surface area (Å²) in [6, 6.07) is 17.2. The SMILES string of the molecule is Nc1c(C(=O)NC2CCCC2)cc2c(=O)n3ccccc3nc2[n+]1CCc1ccccc1. The van der Waals surface area contributed by atoms with Gasteiger partial charge in [-0.25, -0.2) is 4.57 Å². The Labute approximate surface area is 185 Å². The first-order valence-electron chi connectivity index (χ1n) is 11.1. The van der Waals surface area contributed by atoms with E-state index in [1.807, 2.05) is 36.4 Å². The predicted octanol–water partition coefficient (Wildman–Crippen LogP) is 2.63. The lowest BCUT2D eigenvalue weighted by Gasteiger charge is -2.15. The fourth-order valence-electron chi connectivity index (χ4n) is 4.53. The van der Waals surface area contributed by atoms with Gasteiger partial charge in [0.05, 0.1) is 6.54 Å². The fraction of sp³-hybridized carbons (Fsp3) is 0.280. The topological polar surface area (TPSA) is 93.4 Å². The zero-order chi connectivity index (χ0) is 22.1. The van der Waals surface area contributed by atoms with E-state index in [1.165, 1.54) is 4.40 Å². The Hall–Kier alpha value is -3.74. The van der Waals surface area contributed by atoms with Gasteiger partial charge in [0, 0.05) is 18.7 Å². The van der Waals surface area contributed by atoms with Crippen LogP contribution in [0.25, 0.3) is 16.7 Å². The van der Waals surface area contributed by atoms with Gasteiger partial charge < -0.3 is 11.1 Å². The van der Waals surface area contributed by atoms with Crippen molar-refractivity contribution in [2.24, 2.45) is 0 Å². The molecule has 0 saturated heterocycles. The van der Waals surface area contributed by atoms with Gasteiger partial charge in [0.25, 0.3) is 17.1 Å². The lowest BCUT2D eigenvalue weighted by Crippen LogP contribution is -2.44. The minimum atomic E-state index is -0.234. The molecule has 5 rings (SSSR count). The Morgan fingerprint density at radius 2 is 1.88 bits per heavy atom. The van der Waals surface area contributed by atoms with Crippen LogP contribution in [0.2, 0.25) is 0 Å². The molecule has 0 bridgehead atoms. The van der Waals surface area contributed by atoms with Crippen molar-refractivity contribution in [3.05, 3.63) is 82.3 Å². The summed E-state index contributed by atoms with van der Waals surface area (Å²) < 4.78 is 3.30. The van der Waals surface area contributed by atoms with Gasteiger partial charge in [0.2, 0.25) is 11.5 Å².